The normalized spacial score (nSPS) is 16.3. The molecular weight excluding hydrogens is 349 g/mol. The molecule has 1 aliphatic heterocycles. The van der Waals surface area contributed by atoms with Gasteiger partial charge in [-0.1, -0.05) is 18.2 Å². The molecule has 3 aromatic rings. The molecule has 0 radical (unpaired) electrons. The lowest BCUT2D eigenvalue weighted by atomic mass is 10.1. The largest absolute Gasteiger partial charge is 0.480 e. The van der Waals surface area contributed by atoms with Crippen molar-refractivity contribution in [2.75, 3.05) is 0 Å². The molecule has 0 saturated carbocycles. The lowest BCUT2D eigenvalue weighted by Crippen LogP contribution is -2.37. The van der Waals surface area contributed by atoms with Gasteiger partial charge in [-0.05, 0) is 23.8 Å². The molecule has 1 aromatic carbocycles. The van der Waals surface area contributed by atoms with Crippen molar-refractivity contribution in [1.29, 1.82) is 0 Å². The van der Waals surface area contributed by atoms with Crippen molar-refractivity contribution in [2.24, 2.45) is 0 Å². The number of hydrogen-bond donors (Lipinski definition) is 1. The Bertz CT molecular complexity index is 959. The molecule has 1 aliphatic rings. The molecule has 0 spiro atoms. The topological polar surface area (TPSA) is 68.5 Å². The number of carbonyl (C=O) groups is 1. The summed E-state index contributed by atoms with van der Waals surface area (Å²) in [4.78, 5) is 12.3. The number of rotatable bonds is 3. The maximum Gasteiger partial charge on any atom is 0.417 e. The molecule has 6 nitrogen and oxygen atoms in total. The van der Waals surface area contributed by atoms with Crippen molar-refractivity contribution in [3.8, 4) is 5.75 Å². The predicted octanol–water partition coefficient (Wildman–Crippen LogP) is 2.37. The van der Waals surface area contributed by atoms with E-state index in [1.807, 2.05) is 18.2 Å². The highest BCUT2D eigenvalue weighted by molar-refractivity contribution is 5.82. The second kappa shape index (κ2) is 6.01. The number of para-hydroxylation sites is 1. The van der Waals surface area contributed by atoms with Gasteiger partial charge in [0.1, 0.15) is 5.75 Å². The standard InChI is InChI=1S/C17H13F3N4O2/c18-17(19,20)11-5-6-14-22-23-15(24(14)9-11)8-21-16(25)13-7-10-3-1-2-4-12(10)26-13/h1-6,9,13H,7-8H2,(H,21,25). The minimum atomic E-state index is -4.47. The van der Waals surface area contributed by atoms with Crippen LogP contribution in [0.15, 0.2) is 42.6 Å². The summed E-state index contributed by atoms with van der Waals surface area (Å²) in [5, 5.41) is 10.3. The van der Waals surface area contributed by atoms with Gasteiger partial charge in [0.25, 0.3) is 5.91 Å². The van der Waals surface area contributed by atoms with Crippen LogP contribution in [0.3, 0.4) is 0 Å². The van der Waals surface area contributed by atoms with Crippen LogP contribution in [-0.4, -0.2) is 26.6 Å². The van der Waals surface area contributed by atoms with Crippen LogP contribution < -0.4 is 10.1 Å². The third-order valence-corrected chi connectivity index (χ3v) is 4.16. The van der Waals surface area contributed by atoms with E-state index in [9.17, 15) is 18.0 Å². The maximum absolute atomic E-state index is 12.9. The van der Waals surface area contributed by atoms with Crippen LogP contribution in [0.4, 0.5) is 13.2 Å². The zero-order chi connectivity index (χ0) is 18.3. The van der Waals surface area contributed by atoms with Gasteiger partial charge in [-0.2, -0.15) is 13.2 Å². The quantitative estimate of drug-likeness (QED) is 0.777. The van der Waals surface area contributed by atoms with Crippen molar-refractivity contribution in [3.63, 3.8) is 0 Å². The fourth-order valence-corrected chi connectivity index (χ4v) is 2.83. The summed E-state index contributed by atoms with van der Waals surface area (Å²) in [6.07, 6.45) is -3.78. The number of halogens is 3. The van der Waals surface area contributed by atoms with E-state index in [0.717, 1.165) is 17.8 Å². The number of nitrogens with one attached hydrogen (secondary N) is 1. The zero-order valence-corrected chi connectivity index (χ0v) is 13.3. The predicted molar refractivity (Wildman–Crippen MR) is 84.4 cm³/mol. The average molecular weight is 362 g/mol. The highest BCUT2D eigenvalue weighted by Crippen LogP contribution is 2.29. The molecule has 9 heteroatoms. The first-order valence-corrected chi connectivity index (χ1v) is 7.85. The number of aromatic nitrogens is 3. The monoisotopic (exact) mass is 362 g/mol. The number of nitrogens with zero attached hydrogens (tertiary/aromatic N) is 3. The van der Waals surface area contributed by atoms with Gasteiger partial charge in [0.15, 0.2) is 17.6 Å². The molecule has 0 bridgehead atoms. The van der Waals surface area contributed by atoms with Crippen LogP contribution in [-0.2, 0) is 23.9 Å². The highest BCUT2D eigenvalue weighted by Gasteiger charge is 2.31. The summed E-state index contributed by atoms with van der Waals surface area (Å²) in [6.45, 7) is -0.0580. The summed E-state index contributed by atoms with van der Waals surface area (Å²) in [5.74, 6) is 0.510. The second-order valence-corrected chi connectivity index (χ2v) is 5.90. The number of alkyl halides is 3. The van der Waals surface area contributed by atoms with Crippen molar-refractivity contribution >= 4 is 11.6 Å². The van der Waals surface area contributed by atoms with Crippen LogP contribution in [0, 0.1) is 0 Å². The number of fused-ring (bicyclic) bond motifs is 2. The van der Waals surface area contributed by atoms with Gasteiger partial charge in [0, 0.05) is 12.6 Å². The van der Waals surface area contributed by atoms with E-state index in [1.54, 1.807) is 6.07 Å². The third-order valence-electron chi connectivity index (χ3n) is 4.16. The Morgan fingerprint density at radius 1 is 1.23 bits per heavy atom. The smallest absolute Gasteiger partial charge is 0.417 e. The van der Waals surface area contributed by atoms with Crippen molar-refractivity contribution in [1.82, 2.24) is 19.9 Å². The Hall–Kier alpha value is -3.10. The summed E-state index contributed by atoms with van der Waals surface area (Å²) in [7, 11) is 0. The Balaban J connectivity index is 1.47. The zero-order valence-electron chi connectivity index (χ0n) is 13.3. The van der Waals surface area contributed by atoms with E-state index in [4.69, 9.17) is 4.74 Å². The second-order valence-electron chi connectivity index (χ2n) is 5.90. The van der Waals surface area contributed by atoms with E-state index in [0.29, 0.717) is 12.2 Å². The summed E-state index contributed by atoms with van der Waals surface area (Å²) in [5.41, 5.74) is 0.397. The maximum atomic E-state index is 12.9. The minimum absolute atomic E-state index is 0.0580. The summed E-state index contributed by atoms with van der Waals surface area (Å²) >= 11 is 0. The fraction of sp³-hybridized carbons (Fsp3) is 0.235. The SMILES string of the molecule is O=C(NCc1nnc2ccc(C(F)(F)F)cn12)C1Cc2ccccc2O1. The Morgan fingerprint density at radius 3 is 2.81 bits per heavy atom. The number of ether oxygens (including phenoxy) is 1. The van der Waals surface area contributed by atoms with Crippen LogP contribution in [0.25, 0.3) is 5.65 Å². The highest BCUT2D eigenvalue weighted by atomic mass is 19.4. The average Bonchev–Trinajstić information content (AvgIpc) is 3.22. The molecule has 4 rings (SSSR count). The first-order chi connectivity index (χ1) is 12.4. The summed E-state index contributed by atoms with van der Waals surface area (Å²) in [6, 6.07) is 9.52. The lowest BCUT2D eigenvalue weighted by molar-refractivity contribution is -0.138. The first-order valence-electron chi connectivity index (χ1n) is 7.85. The molecule has 0 saturated heterocycles. The fourth-order valence-electron chi connectivity index (χ4n) is 2.83. The Labute approximate surface area is 145 Å². The molecule has 1 atom stereocenters. The van der Waals surface area contributed by atoms with E-state index < -0.39 is 17.8 Å². The number of benzene rings is 1. The van der Waals surface area contributed by atoms with Crippen molar-refractivity contribution in [2.45, 2.75) is 25.2 Å². The summed E-state index contributed by atoms with van der Waals surface area (Å²) < 4.78 is 45.4. The van der Waals surface area contributed by atoms with E-state index in [1.165, 1.54) is 10.5 Å². The van der Waals surface area contributed by atoms with Gasteiger partial charge in [0.2, 0.25) is 0 Å². The van der Waals surface area contributed by atoms with Gasteiger partial charge < -0.3 is 10.1 Å². The number of pyridine rings is 1. The van der Waals surface area contributed by atoms with E-state index >= 15 is 0 Å². The van der Waals surface area contributed by atoms with Crippen LogP contribution in [0.5, 0.6) is 5.75 Å². The minimum Gasteiger partial charge on any atom is -0.480 e. The molecular formula is C17H13F3N4O2. The molecule has 2 aromatic heterocycles. The van der Waals surface area contributed by atoms with Crippen LogP contribution >= 0.6 is 0 Å². The molecule has 134 valence electrons. The number of carbonyl (C=O) groups excluding carboxylic acids is 1. The van der Waals surface area contributed by atoms with Crippen molar-refractivity contribution in [3.05, 3.63) is 59.5 Å². The van der Waals surface area contributed by atoms with Gasteiger partial charge >= 0.3 is 6.18 Å². The Morgan fingerprint density at radius 2 is 2.04 bits per heavy atom. The Kier molecular flexibility index (Phi) is 3.78. The van der Waals surface area contributed by atoms with E-state index in [-0.39, 0.29) is 23.9 Å². The molecule has 1 amide bonds. The van der Waals surface area contributed by atoms with Gasteiger partial charge in [0.05, 0.1) is 12.1 Å². The lowest BCUT2D eigenvalue weighted by Gasteiger charge is -2.11. The number of amides is 1. The van der Waals surface area contributed by atoms with Gasteiger partial charge in [-0.3, -0.25) is 9.20 Å². The number of hydrogen-bond acceptors (Lipinski definition) is 4. The van der Waals surface area contributed by atoms with Crippen LogP contribution in [0.1, 0.15) is 17.0 Å². The molecule has 26 heavy (non-hydrogen) atoms. The van der Waals surface area contributed by atoms with Crippen molar-refractivity contribution < 1.29 is 22.7 Å². The molecule has 0 fully saturated rings. The molecule has 1 unspecified atom stereocenters. The van der Waals surface area contributed by atoms with Crippen LogP contribution in [0.2, 0.25) is 0 Å². The third kappa shape index (κ3) is 2.96. The molecule has 0 aliphatic carbocycles. The van der Waals surface area contributed by atoms with E-state index in [2.05, 4.69) is 15.5 Å². The first kappa shape index (κ1) is 16.4. The van der Waals surface area contributed by atoms with Gasteiger partial charge in [-0.25, -0.2) is 0 Å². The molecule has 1 N–H and O–H groups in total. The van der Waals surface area contributed by atoms with Gasteiger partial charge in [-0.15, -0.1) is 10.2 Å². The molecule has 3 heterocycles.